The molecule has 0 amide bonds. The van der Waals surface area contributed by atoms with E-state index in [2.05, 4.69) is 59.5 Å². The van der Waals surface area contributed by atoms with Crippen molar-refractivity contribution in [2.24, 2.45) is 7.05 Å². The third-order valence-corrected chi connectivity index (χ3v) is 8.13. The largest absolute Gasteiger partial charge is 0.486 e. The molecular weight excluding hydrogens is 440 g/mol. The van der Waals surface area contributed by atoms with Crippen molar-refractivity contribution >= 4 is 12.2 Å². The minimum absolute atomic E-state index is 0.423. The van der Waals surface area contributed by atoms with E-state index in [-0.39, 0.29) is 0 Å². The van der Waals surface area contributed by atoms with E-state index in [0.717, 1.165) is 42.0 Å². The first-order valence-corrected chi connectivity index (χ1v) is 13.2. The van der Waals surface area contributed by atoms with Crippen LogP contribution in [0.3, 0.4) is 0 Å². The lowest BCUT2D eigenvalue weighted by Crippen LogP contribution is -2.35. The molecule has 5 rings (SSSR count). The first-order valence-electron chi connectivity index (χ1n) is 12.8. The van der Waals surface area contributed by atoms with Crippen LogP contribution < -0.4 is 4.74 Å². The van der Waals surface area contributed by atoms with Crippen LogP contribution in [0.15, 0.2) is 54.6 Å². The summed E-state index contributed by atoms with van der Waals surface area (Å²) in [5.41, 5.74) is 2.91. The number of piperidine rings is 1. The molecule has 34 heavy (non-hydrogen) atoms. The van der Waals surface area contributed by atoms with Gasteiger partial charge in [0, 0.05) is 20.1 Å². The van der Waals surface area contributed by atoms with Gasteiger partial charge in [-0.2, -0.15) is 5.10 Å². The Hall–Kier alpha value is -2.44. The number of aromatic nitrogens is 3. The number of rotatable bonds is 7. The Bertz CT molecular complexity index is 1110. The van der Waals surface area contributed by atoms with E-state index in [1.54, 1.807) is 0 Å². The van der Waals surface area contributed by atoms with Gasteiger partial charge in [0.25, 0.3) is 0 Å². The molecule has 0 atom stereocenters. The number of likely N-dealkylation sites (tertiary alicyclic amines) is 1. The molecule has 1 aromatic heterocycles. The average Bonchev–Trinajstić information content (AvgIpc) is 3.17. The minimum Gasteiger partial charge on any atom is -0.486 e. The van der Waals surface area contributed by atoms with Crippen LogP contribution in [0.2, 0.25) is 0 Å². The zero-order valence-electron chi connectivity index (χ0n) is 20.2. The van der Waals surface area contributed by atoms with Gasteiger partial charge in [-0.15, -0.1) is 0 Å². The maximum Gasteiger partial charge on any atom is 0.198 e. The van der Waals surface area contributed by atoms with Crippen molar-refractivity contribution in [1.82, 2.24) is 19.2 Å². The predicted octanol–water partition coefficient (Wildman–Crippen LogP) is 6.41. The molecular formula is C28H36N4OS. The third kappa shape index (κ3) is 5.44. The van der Waals surface area contributed by atoms with Gasteiger partial charge in [0.2, 0.25) is 0 Å². The number of nitrogens with zero attached hydrogens (tertiary/aromatic N) is 4. The van der Waals surface area contributed by atoms with Crippen molar-refractivity contribution in [3.8, 4) is 5.75 Å². The van der Waals surface area contributed by atoms with E-state index in [0.29, 0.717) is 12.5 Å². The Labute approximate surface area is 208 Å². The Kier molecular flexibility index (Phi) is 7.45. The lowest BCUT2D eigenvalue weighted by atomic mass is 9.84. The number of ether oxygens (including phenoxy) is 1. The molecule has 2 fully saturated rings. The standard InChI is InChI=1S/C28H36N4OS/c1-30-27(20-33-26-14-12-24(13-15-26)22-8-4-2-5-9-22)29-32(28(30)34)21-31-18-16-25(17-19-31)23-10-6-3-7-11-23/h3,6-7,10-15,22,25H,2,4-5,8-9,16-21H2,1H3. The van der Waals surface area contributed by atoms with Gasteiger partial charge in [0.05, 0.1) is 6.67 Å². The third-order valence-electron chi connectivity index (χ3n) is 7.65. The van der Waals surface area contributed by atoms with Crippen LogP contribution in [0.4, 0.5) is 0 Å². The van der Waals surface area contributed by atoms with E-state index < -0.39 is 0 Å². The molecule has 2 aromatic carbocycles. The van der Waals surface area contributed by atoms with E-state index in [4.69, 9.17) is 22.1 Å². The molecule has 0 spiro atoms. The second-order valence-electron chi connectivity index (χ2n) is 9.89. The molecule has 0 N–H and O–H groups in total. The first kappa shape index (κ1) is 23.3. The highest BCUT2D eigenvalue weighted by Gasteiger charge is 2.21. The zero-order chi connectivity index (χ0) is 23.3. The van der Waals surface area contributed by atoms with Gasteiger partial charge in [0.15, 0.2) is 10.6 Å². The molecule has 0 radical (unpaired) electrons. The van der Waals surface area contributed by atoms with E-state index in [1.165, 1.54) is 56.1 Å². The van der Waals surface area contributed by atoms with Crippen molar-refractivity contribution in [1.29, 1.82) is 0 Å². The van der Waals surface area contributed by atoms with Gasteiger partial charge in [-0.3, -0.25) is 4.90 Å². The molecule has 2 heterocycles. The molecule has 1 saturated carbocycles. The lowest BCUT2D eigenvalue weighted by molar-refractivity contribution is 0.159. The Morgan fingerprint density at radius 1 is 0.853 bits per heavy atom. The summed E-state index contributed by atoms with van der Waals surface area (Å²) in [6.45, 7) is 3.30. The summed E-state index contributed by atoms with van der Waals surface area (Å²) < 4.78 is 10.7. The maximum atomic E-state index is 6.08. The van der Waals surface area contributed by atoms with Crippen LogP contribution in [-0.4, -0.2) is 32.3 Å². The van der Waals surface area contributed by atoms with Gasteiger partial charge in [0.1, 0.15) is 12.4 Å². The average molecular weight is 477 g/mol. The molecule has 2 aliphatic rings. The van der Waals surface area contributed by atoms with Crippen molar-refractivity contribution in [3.63, 3.8) is 0 Å². The maximum absolute atomic E-state index is 6.08. The van der Waals surface area contributed by atoms with Crippen molar-refractivity contribution in [3.05, 3.63) is 76.3 Å². The molecule has 1 saturated heterocycles. The topological polar surface area (TPSA) is 35.2 Å². The normalized spacial score (nSPS) is 18.3. The van der Waals surface area contributed by atoms with Gasteiger partial charge in [-0.05, 0) is 73.0 Å². The summed E-state index contributed by atoms with van der Waals surface area (Å²) in [5.74, 6) is 3.13. The van der Waals surface area contributed by atoms with Crippen LogP contribution in [0, 0.1) is 4.77 Å². The second-order valence-corrected chi connectivity index (χ2v) is 10.3. The van der Waals surface area contributed by atoms with Crippen molar-refractivity contribution in [2.75, 3.05) is 13.1 Å². The summed E-state index contributed by atoms with van der Waals surface area (Å²) in [4.78, 5) is 2.46. The van der Waals surface area contributed by atoms with Gasteiger partial charge >= 0.3 is 0 Å². The highest BCUT2D eigenvalue weighted by Crippen LogP contribution is 2.33. The fraction of sp³-hybridized carbons (Fsp3) is 0.500. The van der Waals surface area contributed by atoms with Crippen LogP contribution in [-0.2, 0) is 20.3 Å². The Morgan fingerprint density at radius 3 is 2.21 bits per heavy atom. The van der Waals surface area contributed by atoms with Crippen LogP contribution in [0.25, 0.3) is 0 Å². The van der Waals surface area contributed by atoms with Gasteiger partial charge in [-0.1, -0.05) is 61.7 Å². The summed E-state index contributed by atoms with van der Waals surface area (Å²) in [6, 6.07) is 19.6. The smallest absolute Gasteiger partial charge is 0.198 e. The minimum atomic E-state index is 0.423. The number of benzene rings is 2. The fourth-order valence-electron chi connectivity index (χ4n) is 5.49. The highest BCUT2D eigenvalue weighted by atomic mass is 32.1. The number of hydrogen-bond acceptors (Lipinski definition) is 4. The summed E-state index contributed by atoms with van der Waals surface area (Å²) >= 11 is 5.68. The molecule has 0 bridgehead atoms. The van der Waals surface area contributed by atoms with E-state index in [1.807, 2.05) is 16.3 Å². The molecule has 1 aliphatic heterocycles. The molecule has 0 unspecified atom stereocenters. The summed E-state index contributed by atoms with van der Waals surface area (Å²) in [7, 11) is 1.98. The number of hydrogen-bond donors (Lipinski definition) is 0. The highest BCUT2D eigenvalue weighted by molar-refractivity contribution is 7.71. The van der Waals surface area contributed by atoms with Crippen LogP contribution in [0.5, 0.6) is 5.75 Å². The van der Waals surface area contributed by atoms with E-state index in [9.17, 15) is 0 Å². The van der Waals surface area contributed by atoms with Gasteiger partial charge in [-0.25, -0.2) is 4.68 Å². The molecule has 6 heteroatoms. The molecule has 180 valence electrons. The Morgan fingerprint density at radius 2 is 1.50 bits per heavy atom. The summed E-state index contributed by atoms with van der Waals surface area (Å²) in [5, 5.41) is 4.80. The Balaban J connectivity index is 1.15. The molecule has 5 nitrogen and oxygen atoms in total. The molecule has 3 aromatic rings. The molecule has 1 aliphatic carbocycles. The van der Waals surface area contributed by atoms with Crippen molar-refractivity contribution in [2.45, 2.75) is 70.1 Å². The van der Waals surface area contributed by atoms with Gasteiger partial charge < -0.3 is 9.30 Å². The lowest BCUT2D eigenvalue weighted by Gasteiger charge is -2.31. The quantitative estimate of drug-likeness (QED) is 0.369. The van der Waals surface area contributed by atoms with E-state index >= 15 is 0 Å². The first-order chi connectivity index (χ1) is 16.7. The fourth-order valence-corrected chi connectivity index (χ4v) is 5.70. The second kappa shape index (κ2) is 10.9. The van der Waals surface area contributed by atoms with Crippen LogP contribution >= 0.6 is 12.2 Å². The van der Waals surface area contributed by atoms with Crippen LogP contribution in [0.1, 0.15) is 73.7 Å². The monoisotopic (exact) mass is 476 g/mol. The SMILES string of the molecule is Cn1c(COc2ccc(C3CCCCC3)cc2)nn(CN2CCC(c3ccccc3)CC2)c1=S. The van der Waals surface area contributed by atoms with Crippen molar-refractivity contribution < 1.29 is 4.74 Å². The predicted molar refractivity (Wildman–Crippen MR) is 139 cm³/mol. The zero-order valence-corrected chi connectivity index (χ0v) is 21.1. The summed E-state index contributed by atoms with van der Waals surface area (Å²) in [6.07, 6.45) is 9.09.